The lowest BCUT2D eigenvalue weighted by molar-refractivity contribution is 0.204. The summed E-state index contributed by atoms with van der Waals surface area (Å²) in [4.78, 5) is 4.19. The van der Waals surface area contributed by atoms with Gasteiger partial charge in [-0.1, -0.05) is 11.6 Å². The van der Waals surface area contributed by atoms with Gasteiger partial charge in [-0.05, 0) is 30.7 Å². The number of benzene rings is 1. The van der Waals surface area contributed by atoms with E-state index in [9.17, 15) is 0 Å². The van der Waals surface area contributed by atoms with E-state index in [1.165, 1.54) is 0 Å². The quantitative estimate of drug-likeness (QED) is 0.290. The van der Waals surface area contributed by atoms with Gasteiger partial charge in [0.15, 0.2) is 5.96 Å². The van der Waals surface area contributed by atoms with Crippen LogP contribution in [-0.4, -0.2) is 39.4 Å². The highest BCUT2D eigenvalue weighted by molar-refractivity contribution is 14.0. The van der Waals surface area contributed by atoms with Crippen LogP contribution in [-0.2, 0) is 4.74 Å². The van der Waals surface area contributed by atoms with Crippen LogP contribution in [0, 0.1) is 6.92 Å². The van der Waals surface area contributed by atoms with E-state index in [1.807, 2.05) is 25.1 Å². The Morgan fingerprint density at radius 3 is 2.81 bits per heavy atom. The van der Waals surface area contributed by atoms with Gasteiger partial charge in [0.05, 0.1) is 13.2 Å². The maximum atomic E-state index is 5.88. The van der Waals surface area contributed by atoms with Crippen molar-refractivity contribution in [2.75, 3.05) is 33.4 Å². The zero-order valence-electron chi connectivity index (χ0n) is 12.4. The molecule has 0 bridgehead atoms. The van der Waals surface area contributed by atoms with Crippen molar-refractivity contribution in [3.63, 3.8) is 0 Å². The molecule has 0 aliphatic heterocycles. The summed E-state index contributed by atoms with van der Waals surface area (Å²) < 4.78 is 10.6. The Balaban J connectivity index is 0.00000400. The SMILES string of the molecule is COCCNC(N)=NCCCOc1ccc(Cl)cc1C.I. The third-order valence-electron chi connectivity index (χ3n) is 2.59. The van der Waals surface area contributed by atoms with Crippen molar-refractivity contribution in [2.45, 2.75) is 13.3 Å². The van der Waals surface area contributed by atoms with E-state index in [2.05, 4.69) is 10.3 Å². The number of nitrogens with one attached hydrogen (secondary N) is 1. The molecule has 0 saturated heterocycles. The second kappa shape index (κ2) is 11.9. The third-order valence-corrected chi connectivity index (χ3v) is 2.83. The van der Waals surface area contributed by atoms with Gasteiger partial charge in [0.2, 0.25) is 0 Å². The van der Waals surface area contributed by atoms with E-state index >= 15 is 0 Å². The van der Waals surface area contributed by atoms with E-state index in [0.717, 1.165) is 17.7 Å². The molecule has 21 heavy (non-hydrogen) atoms. The van der Waals surface area contributed by atoms with E-state index < -0.39 is 0 Å². The zero-order chi connectivity index (χ0) is 14.8. The molecule has 0 aliphatic rings. The fraction of sp³-hybridized carbons (Fsp3) is 0.500. The molecule has 0 radical (unpaired) electrons. The number of methoxy groups -OCH3 is 1. The summed E-state index contributed by atoms with van der Waals surface area (Å²) >= 11 is 5.88. The molecule has 1 aromatic rings. The topological polar surface area (TPSA) is 68.9 Å². The van der Waals surface area contributed by atoms with Gasteiger partial charge in [-0.15, -0.1) is 24.0 Å². The standard InChI is InChI=1S/C14H22ClN3O2.HI/c1-11-10-12(15)4-5-13(11)20-8-3-6-17-14(16)18-7-9-19-2;/h4-5,10H,3,6-9H2,1-2H3,(H3,16,17,18);1H. The van der Waals surface area contributed by atoms with Gasteiger partial charge in [-0.25, -0.2) is 0 Å². The second-order valence-electron chi connectivity index (χ2n) is 4.30. The Morgan fingerprint density at radius 1 is 1.38 bits per heavy atom. The molecule has 0 aromatic heterocycles. The van der Waals surface area contributed by atoms with Crippen molar-refractivity contribution < 1.29 is 9.47 Å². The summed E-state index contributed by atoms with van der Waals surface area (Å²) in [7, 11) is 1.64. The number of hydrogen-bond acceptors (Lipinski definition) is 3. The summed E-state index contributed by atoms with van der Waals surface area (Å²) in [5.74, 6) is 1.29. The predicted molar refractivity (Wildman–Crippen MR) is 98.1 cm³/mol. The van der Waals surface area contributed by atoms with Crippen molar-refractivity contribution in [3.05, 3.63) is 28.8 Å². The molecule has 0 atom stereocenters. The average molecular weight is 428 g/mol. The minimum atomic E-state index is 0. The van der Waals surface area contributed by atoms with Crippen LogP contribution in [0.15, 0.2) is 23.2 Å². The van der Waals surface area contributed by atoms with Crippen molar-refractivity contribution in [3.8, 4) is 5.75 Å². The highest BCUT2D eigenvalue weighted by Crippen LogP contribution is 2.21. The number of nitrogens with zero attached hydrogens (tertiary/aromatic N) is 1. The number of aryl methyl sites for hydroxylation is 1. The number of rotatable bonds is 8. The molecule has 1 rings (SSSR count). The summed E-state index contributed by atoms with van der Waals surface area (Å²) in [5.41, 5.74) is 6.71. The van der Waals surface area contributed by atoms with Gasteiger partial charge in [-0.2, -0.15) is 0 Å². The molecule has 0 amide bonds. The normalized spacial score (nSPS) is 10.9. The van der Waals surface area contributed by atoms with Crippen molar-refractivity contribution in [2.24, 2.45) is 10.7 Å². The molecule has 0 heterocycles. The van der Waals surface area contributed by atoms with Gasteiger partial charge in [-0.3, -0.25) is 4.99 Å². The number of nitrogens with two attached hydrogens (primary N) is 1. The van der Waals surface area contributed by atoms with Crippen LogP contribution in [0.1, 0.15) is 12.0 Å². The number of hydrogen-bond donors (Lipinski definition) is 2. The smallest absolute Gasteiger partial charge is 0.188 e. The summed E-state index contributed by atoms with van der Waals surface area (Å²) in [6.45, 7) is 4.45. The zero-order valence-corrected chi connectivity index (χ0v) is 15.5. The largest absolute Gasteiger partial charge is 0.493 e. The number of guanidine groups is 1. The fourth-order valence-electron chi connectivity index (χ4n) is 1.56. The maximum absolute atomic E-state index is 5.88. The maximum Gasteiger partial charge on any atom is 0.188 e. The molecule has 0 spiro atoms. The molecule has 0 fully saturated rings. The van der Waals surface area contributed by atoms with Crippen molar-refractivity contribution in [1.82, 2.24) is 5.32 Å². The lowest BCUT2D eigenvalue weighted by Gasteiger charge is -2.09. The first kappa shape index (κ1) is 20.3. The summed E-state index contributed by atoms with van der Waals surface area (Å²) in [5, 5.41) is 3.67. The molecular weight excluding hydrogens is 405 g/mol. The van der Waals surface area contributed by atoms with E-state index in [1.54, 1.807) is 7.11 Å². The average Bonchev–Trinajstić information content (AvgIpc) is 2.41. The summed E-state index contributed by atoms with van der Waals surface area (Å²) in [6.07, 6.45) is 0.800. The van der Waals surface area contributed by atoms with Crippen LogP contribution < -0.4 is 15.8 Å². The number of ether oxygens (including phenoxy) is 2. The molecule has 7 heteroatoms. The van der Waals surface area contributed by atoms with Gasteiger partial charge in [0.25, 0.3) is 0 Å². The van der Waals surface area contributed by atoms with Crippen LogP contribution in [0.2, 0.25) is 5.02 Å². The van der Waals surface area contributed by atoms with Crippen molar-refractivity contribution in [1.29, 1.82) is 0 Å². The second-order valence-corrected chi connectivity index (χ2v) is 4.73. The molecule has 0 saturated carbocycles. The Kier molecular flexibility index (Phi) is 11.5. The third kappa shape index (κ3) is 9.00. The van der Waals surface area contributed by atoms with Crippen LogP contribution in [0.25, 0.3) is 0 Å². The molecule has 0 unspecified atom stereocenters. The predicted octanol–water partition coefficient (Wildman–Crippen LogP) is 2.59. The molecular formula is C14H23ClIN3O2. The molecule has 5 nitrogen and oxygen atoms in total. The fourth-order valence-corrected chi connectivity index (χ4v) is 1.78. The monoisotopic (exact) mass is 427 g/mol. The lowest BCUT2D eigenvalue weighted by Crippen LogP contribution is -2.34. The lowest BCUT2D eigenvalue weighted by atomic mass is 10.2. The van der Waals surface area contributed by atoms with Crippen LogP contribution in [0.3, 0.4) is 0 Å². The molecule has 0 aliphatic carbocycles. The van der Waals surface area contributed by atoms with E-state index in [0.29, 0.717) is 37.3 Å². The first-order valence-electron chi connectivity index (χ1n) is 6.55. The molecule has 3 N–H and O–H groups in total. The highest BCUT2D eigenvalue weighted by atomic mass is 127. The summed E-state index contributed by atoms with van der Waals surface area (Å²) in [6, 6.07) is 5.58. The van der Waals surface area contributed by atoms with Crippen LogP contribution in [0.5, 0.6) is 5.75 Å². The highest BCUT2D eigenvalue weighted by Gasteiger charge is 1.99. The van der Waals surface area contributed by atoms with Gasteiger partial charge in [0.1, 0.15) is 5.75 Å². The minimum absolute atomic E-state index is 0. The van der Waals surface area contributed by atoms with Gasteiger partial charge in [0, 0.05) is 31.6 Å². The van der Waals surface area contributed by atoms with Gasteiger partial charge < -0.3 is 20.5 Å². The van der Waals surface area contributed by atoms with Crippen molar-refractivity contribution >= 4 is 41.5 Å². The Hall–Kier alpha value is -0.730. The van der Waals surface area contributed by atoms with Gasteiger partial charge >= 0.3 is 0 Å². The molecule has 120 valence electrons. The number of aliphatic imine (C=N–C) groups is 1. The Morgan fingerprint density at radius 2 is 2.14 bits per heavy atom. The number of halogens is 2. The first-order valence-corrected chi connectivity index (χ1v) is 6.93. The Bertz CT molecular complexity index is 444. The van der Waals surface area contributed by atoms with E-state index in [-0.39, 0.29) is 24.0 Å². The van der Waals surface area contributed by atoms with E-state index in [4.69, 9.17) is 26.8 Å². The van der Waals surface area contributed by atoms with Crippen LogP contribution >= 0.6 is 35.6 Å². The minimum Gasteiger partial charge on any atom is -0.493 e. The Labute approximate surface area is 148 Å². The van der Waals surface area contributed by atoms with Crippen LogP contribution in [0.4, 0.5) is 0 Å². The molecule has 1 aromatic carbocycles. The first-order chi connectivity index (χ1) is 9.63.